The first-order valence-electron chi connectivity index (χ1n) is 19.1. The highest BCUT2D eigenvalue weighted by atomic mass is 31.2. The third-order valence-electron chi connectivity index (χ3n) is 10.3. The van der Waals surface area contributed by atoms with Gasteiger partial charge in [0.05, 0.1) is 19.3 Å². The summed E-state index contributed by atoms with van der Waals surface area (Å²) >= 11 is 0. The molecule has 1 unspecified atom stereocenters. The number of ether oxygens (including phenoxy) is 2. The predicted molar refractivity (Wildman–Crippen MR) is 219 cm³/mol. The smallest absolute Gasteiger partial charge is 0.330 e. The van der Waals surface area contributed by atoms with Crippen LogP contribution in [0.25, 0.3) is 0 Å². The lowest BCUT2D eigenvalue weighted by Crippen LogP contribution is -2.39. The van der Waals surface area contributed by atoms with Gasteiger partial charge in [0.2, 0.25) is 0 Å². The molecule has 5 aromatic rings. The van der Waals surface area contributed by atoms with Gasteiger partial charge in [-0.3, -0.25) is 14.3 Å². The molecular weight excluding hydrogens is 709 g/mol. The topological polar surface area (TPSA) is 95.0 Å². The molecule has 1 saturated heterocycles. The molecule has 6 rings (SSSR count). The molecule has 0 aliphatic carbocycles. The number of benzene rings is 4. The van der Waals surface area contributed by atoms with Gasteiger partial charge in [0, 0.05) is 30.3 Å². The van der Waals surface area contributed by atoms with Crippen molar-refractivity contribution in [2.45, 2.75) is 105 Å². The number of rotatable bonds is 15. The molecular formula is C45H54N3O6P. The van der Waals surface area contributed by atoms with Crippen molar-refractivity contribution < 1.29 is 18.5 Å². The van der Waals surface area contributed by atoms with E-state index in [1.807, 2.05) is 30.3 Å². The molecule has 0 amide bonds. The fourth-order valence-electron chi connectivity index (χ4n) is 7.28. The number of hydrogen-bond acceptors (Lipinski definition) is 7. The summed E-state index contributed by atoms with van der Waals surface area (Å²) in [7, 11) is -1.61. The van der Waals surface area contributed by atoms with Crippen molar-refractivity contribution in [1.82, 2.24) is 14.2 Å². The van der Waals surface area contributed by atoms with Crippen molar-refractivity contribution in [2.24, 2.45) is 0 Å². The van der Waals surface area contributed by atoms with Gasteiger partial charge in [0.1, 0.15) is 17.9 Å². The van der Waals surface area contributed by atoms with Gasteiger partial charge in [-0.2, -0.15) is 0 Å². The largest absolute Gasteiger partial charge is 0.358 e. The maximum absolute atomic E-state index is 13.2. The monoisotopic (exact) mass is 763 g/mol. The summed E-state index contributed by atoms with van der Waals surface area (Å²) in [6.07, 6.45) is 0.0355. The summed E-state index contributed by atoms with van der Waals surface area (Å²) in [6.45, 7) is 17.0. The van der Waals surface area contributed by atoms with Crippen LogP contribution in [-0.2, 0) is 30.7 Å². The second-order valence-corrected chi connectivity index (χ2v) is 16.5. The molecule has 0 saturated carbocycles. The van der Waals surface area contributed by atoms with E-state index in [1.54, 1.807) is 13.1 Å². The molecule has 4 aromatic carbocycles. The highest BCUT2D eigenvalue weighted by Crippen LogP contribution is 2.51. The van der Waals surface area contributed by atoms with Crippen LogP contribution < -0.4 is 11.2 Å². The Morgan fingerprint density at radius 2 is 1.35 bits per heavy atom. The van der Waals surface area contributed by atoms with E-state index < -0.39 is 43.8 Å². The van der Waals surface area contributed by atoms with E-state index in [0.29, 0.717) is 18.6 Å². The third kappa shape index (κ3) is 9.10. The molecule has 9 nitrogen and oxygen atoms in total. The van der Waals surface area contributed by atoms with Crippen molar-refractivity contribution in [2.75, 3.05) is 6.61 Å². The zero-order chi connectivity index (χ0) is 39.3. The molecule has 55 heavy (non-hydrogen) atoms. The maximum Gasteiger partial charge on any atom is 0.330 e. The minimum absolute atomic E-state index is 0.120. The fourth-order valence-corrected chi connectivity index (χ4v) is 9.04. The van der Waals surface area contributed by atoms with E-state index in [1.165, 1.54) is 4.57 Å². The summed E-state index contributed by atoms with van der Waals surface area (Å²) in [6, 6.07) is 35.6. The third-order valence-corrected chi connectivity index (χ3v) is 12.4. The van der Waals surface area contributed by atoms with Gasteiger partial charge in [0.25, 0.3) is 14.1 Å². The molecule has 1 aromatic heterocycles. The first-order valence-corrected chi connectivity index (χ1v) is 20.2. The van der Waals surface area contributed by atoms with Crippen molar-refractivity contribution >= 4 is 8.53 Å². The van der Waals surface area contributed by atoms with Crippen LogP contribution in [0, 0.1) is 27.7 Å². The van der Waals surface area contributed by atoms with Crippen molar-refractivity contribution in [3.8, 4) is 0 Å². The van der Waals surface area contributed by atoms with E-state index in [-0.39, 0.29) is 18.7 Å². The van der Waals surface area contributed by atoms with Crippen LogP contribution in [-0.4, -0.2) is 45.1 Å². The Labute approximate surface area is 326 Å². The Balaban J connectivity index is 1.42. The first-order chi connectivity index (χ1) is 26.4. The lowest BCUT2D eigenvalue weighted by atomic mass is 9.79. The highest BCUT2D eigenvalue weighted by Gasteiger charge is 2.45. The van der Waals surface area contributed by atoms with Crippen molar-refractivity contribution in [1.29, 1.82) is 0 Å². The zero-order valence-electron chi connectivity index (χ0n) is 33.2. The molecule has 10 heteroatoms. The normalized spacial score (nSPS) is 18.1. The van der Waals surface area contributed by atoms with Gasteiger partial charge in [-0.15, -0.1) is 0 Å². The van der Waals surface area contributed by atoms with E-state index in [0.717, 1.165) is 38.9 Å². The lowest BCUT2D eigenvalue weighted by molar-refractivity contribution is -0.0926. The van der Waals surface area contributed by atoms with E-state index in [9.17, 15) is 9.59 Å². The molecule has 1 N–H and O–H groups in total. The number of H-pyrrole nitrogens is 1. The summed E-state index contributed by atoms with van der Waals surface area (Å²) < 4.78 is 31.7. The molecule has 0 spiro atoms. The average Bonchev–Trinajstić information content (AvgIpc) is 3.56. The Morgan fingerprint density at radius 1 is 0.782 bits per heavy atom. The quantitative estimate of drug-likeness (QED) is 0.0841. The summed E-state index contributed by atoms with van der Waals surface area (Å²) in [5, 5.41) is 0. The van der Waals surface area contributed by atoms with Crippen LogP contribution in [0.15, 0.2) is 119 Å². The van der Waals surface area contributed by atoms with Crippen molar-refractivity contribution in [3.05, 3.63) is 175 Å². The minimum atomic E-state index is -1.61. The van der Waals surface area contributed by atoms with Gasteiger partial charge in [0.15, 0.2) is 0 Å². The number of nitrogens with zero attached hydrogens (tertiary/aromatic N) is 2. The number of aromatic amines is 1. The number of hydrogen-bond donors (Lipinski definition) is 1. The Hall–Kier alpha value is -4.21. The van der Waals surface area contributed by atoms with E-state index >= 15 is 0 Å². The van der Waals surface area contributed by atoms with Gasteiger partial charge in [-0.1, -0.05) is 114 Å². The first kappa shape index (κ1) is 40.5. The van der Waals surface area contributed by atoms with Gasteiger partial charge in [-0.25, -0.2) is 9.46 Å². The van der Waals surface area contributed by atoms with Crippen LogP contribution in [0.5, 0.6) is 0 Å². The standard InChI is InChI=1S/C45H54N3O6P/c1-30(2)48(31(3)4)55(52-28-36-15-13-12-14-34(36)7)54-40-26-42(47-27-35(8)43(49)46-44(47)50)53-41(40)29-51-45(37-16-10-9-11-17-37,38-22-18-32(5)19-23-38)39-24-20-33(6)21-25-39/h9-25,27,30-31,40-42H,26,28-29H2,1-8H3,(H,46,49,50)/t40-,41+,42+,55?/m0/s1. The molecule has 1 aliphatic heterocycles. The number of nitrogens with one attached hydrogen (secondary N) is 1. The number of aryl methyl sites for hydroxylation is 4. The Morgan fingerprint density at radius 3 is 1.93 bits per heavy atom. The minimum Gasteiger partial charge on any atom is -0.358 e. The molecule has 1 fully saturated rings. The van der Waals surface area contributed by atoms with Crippen LogP contribution in [0.2, 0.25) is 0 Å². The van der Waals surface area contributed by atoms with Gasteiger partial charge < -0.3 is 18.5 Å². The average molecular weight is 764 g/mol. The molecule has 290 valence electrons. The summed E-state index contributed by atoms with van der Waals surface area (Å²) in [5.41, 5.74) is 5.88. The Kier molecular flexibility index (Phi) is 13.0. The zero-order valence-corrected chi connectivity index (χ0v) is 34.1. The summed E-state index contributed by atoms with van der Waals surface area (Å²) in [5.74, 6) is 0. The maximum atomic E-state index is 13.2. The molecule has 4 atom stereocenters. The van der Waals surface area contributed by atoms with E-state index in [4.69, 9.17) is 18.5 Å². The van der Waals surface area contributed by atoms with Crippen LogP contribution >= 0.6 is 8.53 Å². The summed E-state index contributed by atoms with van der Waals surface area (Å²) in [4.78, 5) is 28.1. The van der Waals surface area contributed by atoms with E-state index in [2.05, 4.69) is 131 Å². The highest BCUT2D eigenvalue weighted by molar-refractivity contribution is 7.44. The lowest BCUT2D eigenvalue weighted by Gasteiger charge is -2.39. The second-order valence-electron chi connectivity index (χ2n) is 15.1. The van der Waals surface area contributed by atoms with Gasteiger partial charge in [-0.05, 0) is 83.2 Å². The van der Waals surface area contributed by atoms with Crippen molar-refractivity contribution in [3.63, 3.8) is 0 Å². The SMILES string of the molecule is Cc1ccc(C(OC[C@H]2O[C@@H](n3cc(C)c(=O)[nH]c3=O)C[C@@H]2OP(OCc2ccccc2C)N(C(C)C)C(C)C)(c2ccccc2)c2ccc(C)cc2)cc1. The molecule has 0 bridgehead atoms. The number of aromatic nitrogens is 2. The van der Waals surface area contributed by atoms with Gasteiger partial charge >= 0.3 is 5.69 Å². The second kappa shape index (κ2) is 17.7. The van der Waals surface area contributed by atoms with Crippen LogP contribution in [0.1, 0.15) is 84.9 Å². The van der Waals surface area contributed by atoms with Crippen LogP contribution in [0.4, 0.5) is 0 Å². The fraction of sp³-hybridized carbons (Fsp3) is 0.378. The molecule has 1 aliphatic rings. The predicted octanol–water partition coefficient (Wildman–Crippen LogP) is 9.01. The molecule has 0 radical (unpaired) electrons. The Bertz CT molecular complexity index is 2080. The van der Waals surface area contributed by atoms with Crippen LogP contribution in [0.3, 0.4) is 0 Å². The molecule has 2 heterocycles.